The number of benzene rings is 2. The Hall–Kier alpha value is -3.08. The molecule has 25 heavy (non-hydrogen) atoms. The molecule has 0 amide bonds. The Morgan fingerprint density at radius 1 is 1.04 bits per heavy atom. The van der Waals surface area contributed by atoms with Crippen molar-refractivity contribution in [3.8, 4) is 28.1 Å². The number of hydrogen-bond donors (Lipinski definition) is 0. The molecule has 126 valence electrons. The van der Waals surface area contributed by atoms with Crippen LogP contribution in [0, 0.1) is 0 Å². The van der Waals surface area contributed by atoms with Crippen molar-refractivity contribution < 1.29 is 14.3 Å². The summed E-state index contributed by atoms with van der Waals surface area (Å²) < 4.78 is 11.6. The molecule has 1 heterocycles. The van der Waals surface area contributed by atoms with Gasteiger partial charge in [-0.2, -0.15) is 9.78 Å². The minimum Gasteiger partial charge on any atom is -0.497 e. The standard InChI is InChI=1S/C20H18N2O3/c1-24-15-10-7-14(8-11-15)19-18-16-6-4-3-5-13(16)9-12-17(18)21-22(19)20(23)25-2/h3-8,10-11H,9,12H2,1-2H3. The molecule has 4 rings (SSSR count). The van der Waals surface area contributed by atoms with Gasteiger partial charge in [0, 0.05) is 11.1 Å². The lowest BCUT2D eigenvalue weighted by Gasteiger charge is -2.16. The Labute approximate surface area is 145 Å². The third-order valence-corrected chi connectivity index (χ3v) is 4.59. The molecule has 0 saturated heterocycles. The SMILES string of the molecule is COC(=O)n1nc2c(c1-c1ccc(OC)cc1)-c1ccccc1CC2. The van der Waals surface area contributed by atoms with Crippen LogP contribution in [0.2, 0.25) is 0 Å². The molecule has 5 heteroatoms. The maximum absolute atomic E-state index is 12.3. The summed E-state index contributed by atoms with van der Waals surface area (Å²) in [4.78, 5) is 12.3. The molecule has 0 radical (unpaired) electrons. The van der Waals surface area contributed by atoms with Gasteiger partial charge < -0.3 is 9.47 Å². The number of nitrogens with zero attached hydrogens (tertiary/aromatic N) is 2. The average Bonchev–Trinajstić information content (AvgIpc) is 3.07. The lowest BCUT2D eigenvalue weighted by atomic mass is 9.87. The number of hydrogen-bond acceptors (Lipinski definition) is 4. The van der Waals surface area contributed by atoms with E-state index in [4.69, 9.17) is 9.47 Å². The highest BCUT2D eigenvalue weighted by Crippen LogP contribution is 2.40. The van der Waals surface area contributed by atoms with Gasteiger partial charge in [0.15, 0.2) is 0 Å². The van der Waals surface area contributed by atoms with E-state index in [0.29, 0.717) is 0 Å². The Kier molecular flexibility index (Phi) is 3.76. The van der Waals surface area contributed by atoms with E-state index in [1.54, 1.807) is 7.11 Å². The van der Waals surface area contributed by atoms with Crippen LogP contribution in [0.1, 0.15) is 11.3 Å². The number of ether oxygens (including phenoxy) is 2. The van der Waals surface area contributed by atoms with Gasteiger partial charge in [-0.15, -0.1) is 0 Å². The Balaban J connectivity index is 1.98. The number of carbonyl (C=O) groups is 1. The van der Waals surface area contributed by atoms with E-state index in [1.165, 1.54) is 17.4 Å². The number of methoxy groups -OCH3 is 2. The van der Waals surface area contributed by atoms with Crippen molar-refractivity contribution in [1.29, 1.82) is 0 Å². The second-order valence-corrected chi connectivity index (χ2v) is 5.94. The third kappa shape index (κ3) is 2.48. The van der Waals surface area contributed by atoms with Gasteiger partial charge >= 0.3 is 6.09 Å². The molecule has 1 aromatic heterocycles. The molecule has 5 nitrogen and oxygen atoms in total. The molecular weight excluding hydrogens is 316 g/mol. The first-order valence-corrected chi connectivity index (χ1v) is 8.16. The minimum atomic E-state index is -0.488. The predicted molar refractivity (Wildman–Crippen MR) is 94.9 cm³/mol. The predicted octanol–water partition coefficient (Wildman–Crippen LogP) is 3.94. The summed E-state index contributed by atoms with van der Waals surface area (Å²) >= 11 is 0. The molecule has 0 aliphatic heterocycles. The van der Waals surface area contributed by atoms with Crippen molar-refractivity contribution in [2.45, 2.75) is 12.8 Å². The number of rotatable bonds is 2. The molecule has 0 unspecified atom stereocenters. The summed E-state index contributed by atoms with van der Waals surface area (Å²) in [6, 6.07) is 15.9. The monoisotopic (exact) mass is 334 g/mol. The van der Waals surface area contributed by atoms with Gasteiger partial charge in [-0.3, -0.25) is 0 Å². The largest absolute Gasteiger partial charge is 0.497 e. The topological polar surface area (TPSA) is 53.4 Å². The van der Waals surface area contributed by atoms with Crippen molar-refractivity contribution in [3.05, 3.63) is 59.8 Å². The van der Waals surface area contributed by atoms with Crippen LogP contribution in [0.3, 0.4) is 0 Å². The Morgan fingerprint density at radius 3 is 2.52 bits per heavy atom. The van der Waals surface area contributed by atoms with Gasteiger partial charge in [0.2, 0.25) is 0 Å². The zero-order valence-corrected chi connectivity index (χ0v) is 14.2. The van der Waals surface area contributed by atoms with Crippen LogP contribution in [-0.4, -0.2) is 30.1 Å². The average molecular weight is 334 g/mol. The summed E-state index contributed by atoms with van der Waals surface area (Å²) in [7, 11) is 3.00. The van der Waals surface area contributed by atoms with Gasteiger partial charge in [-0.05, 0) is 48.2 Å². The van der Waals surface area contributed by atoms with Gasteiger partial charge in [0.25, 0.3) is 0 Å². The smallest absolute Gasteiger partial charge is 0.435 e. The summed E-state index contributed by atoms with van der Waals surface area (Å²) in [5.41, 5.74) is 6.00. The van der Waals surface area contributed by atoms with Crippen LogP contribution >= 0.6 is 0 Å². The van der Waals surface area contributed by atoms with Crippen molar-refractivity contribution in [2.24, 2.45) is 0 Å². The highest BCUT2D eigenvalue weighted by Gasteiger charge is 2.28. The van der Waals surface area contributed by atoms with Crippen molar-refractivity contribution in [1.82, 2.24) is 9.78 Å². The first kappa shape index (κ1) is 15.4. The van der Waals surface area contributed by atoms with Gasteiger partial charge in [0.1, 0.15) is 5.75 Å². The summed E-state index contributed by atoms with van der Waals surface area (Å²) in [6.07, 6.45) is 1.24. The summed E-state index contributed by atoms with van der Waals surface area (Å²) in [6.45, 7) is 0. The highest BCUT2D eigenvalue weighted by molar-refractivity contribution is 5.90. The van der Waals surface area contributed by atoms with Crippen molar-refractivity contribution >= 4 is 6.09 Å². The van der Waals surface area contributed by atoms with Crippen molar-refractivity contribution in [3.63, 3.8) is 0 Å². The molecule has 1 aliphatic rings. The number of aromatic nitrogens is 2. The molecule has 0 spiro atoms. The van der Waals surface area contributed by atoms with E-state index in [9.17, 15) is 4.79 Å². The summed E-state index contributed by atoms with van der Waals surface area (Å²) in [5.74, 6) is 0.766. The molecule has 0 saturated carbocycles. The van der Waals surface area contributed by atoms with E-state index < -0.39 is 6.09 Å². The van der Waals surface area contributed by atoms with Crippen LogP contribution in [-0.2, 0) is 17.6 Å². The van der Waals surface area contributed by atoms with E-state index in [1.807, 2.05) is 36.4 Å². The van der Waals surface area contributed by atoms with Crippen LogP contribution < -0.4 is 4.74 Å². The minimum absolute atomic E-state index is 0.488. The van der Waals surface area contributed by atoms with E-state index in [2.05, 4.69) is 17.2 Å². The highest BCUT2D eigenvalue weighted by atomic mass is 16.5. The molecule has 0 N–H and O–H groups in total. The maximum Gasteiger partial charge on any atom is 0.435 e. The molecule has 2 aromatic carbocycles. The van der Waals surface area contributed by atoms with Crippen LogP contribution in [0.5, 0.6) is 5.75 Å². The second kappa shape index (κ2) is 6.09. The second-order valence-electron chi connectivity index (χ2n) is 5.94. The lowest BCUT2D eigenvalue weighted by molar-refractivity contribution is 0.169. The van der Waals surface area contributed by atoms with Crippen LogP contribution in [0.4, 0.5) is 4.79 Å². The Bertz CT molecular complexity index is 942. The fourth-order valence-corrected chi connectivity index (χ4v) is 3.39. The molecule has 1 aliphatic carbocycles. The molecular formula is C20H18N2O3. The van der Waals surface area contributed by atoms with Gasteiger partial charge in [0.05, 0.1) is 25.6 Å². The van der Waals surface area contributed by atoms with E-state index in [-0.39, 0.29) is 0 Å². The molecule has 0 atom stereocenters. The molecule has 0 bridgehead atoms. The normalized spacial score (nSPS) is 12.2. The number of aryl methyl sites for hydroxylation is 2. The van der Waals surface area contributed by atoms with Crippen LogP contribution in [0.25, 0.3) is 22.4 Å². The lowest BCUT2D eigenvalue weighted by Crippen LogP contribution is -2.14. The molecule has 3 aromatic rings. The Morgan fingerprint density at radius 2 is 1.80 bits per heavy atom. The van der Waals surface area contributed by atoms with Crippen molar-refractivity contribution in [2.75, 3.05) is 14.2 Å². The quantitative estimate of drug-likeness (QED) is 0.712. The van der Waals surface area contributed by atoms with Gasteiger partial charge in [-0.1, -0.05) is 24.3 Å². The number of fused-ring (bicyclic) bond motifs is 3. The first-order valence-electron chi connectivity index (χ1n) is 8.16. The van der Waals surface area contributed by atoms with Gasteiger partial charge in [-0.25, -0.2) is 4.79 Å². The summed E-state index contributed by atoms with van der Waals surface area (Å²) in [5, 5.41) is 4.55. The van der Waals surface area contributed by atoms with E-state index in [0.717, 1.165) is 46.7 Å². The molecule has 0 fully saturated rings. The van der Waals surface area contributed by atoms with Crippen LogP contribution in [0.15, 0.2) is 48.5 Å². The maximum atomic E-state index is 12.3. The number of carbonyl (C=O) groups excluding carboxylic acids is 1. The third-order valence-electron chi connectivity index (χ3n) is 4.59. The fourth-order valence-electron chi connectivity index (χ4n) is 3.39. The zero-order valence-electron chi connectivity index (χ0n) is 14.2. The first-order chi connectivity index (χ1) is 12.2. The fraction of sp³-hybridized carbons (Fsp3) is 0.200. The van der Waals surface area contributed by atoms with E-state index >= 15 is 0 Å². The zero-order chi connectivity index (χ0) is 17.4.